The molecule has 1 heterocycles. The zero-order chi connectivity index (χ0) is 11.5. The number of nitrogens with two attached hydrogens (primary N) is 1. The van der Waals surface area contributed by atoms with Gasteiger partial charge in [0.05, 0.1) is 11.4 Å². The van der Waals surface area contributed by atoms with Crippen molar-refractivity contribution in [3.8, 4) is 0 Å². The maximum Gasteiger partial charge on any atom is 0.147 e. The summed E-state index contributed by atoms with van der Waals surface area (Å²) in [5.41, 5.74) is 2.07. The predicted octanol–water partition coefficient (Wildman–Crippen LogP) is 2.11. The van der Waals surface area contributed by atoms with E-state index in [1.165, 1.54) is 6.07 Å². The molecule has 0 saturated carbocycles. The molecule has 0 spiro atoms. The summed E-state index contributed by atoms with van der Waals surface area (Å²) in [4.78, 5) is 2.08. The molecule has 1 saturated heterocycles. The Bertz CT molecular complexity index is 409. The summed E-state index contributed by atoms with van der Waals surface area (Å²) in [6.07, 6.45) is 2.29. The van der Waals surface area contributed by atoms with Crippen LogP contribution < -0.4 is 10.7 Å². The lowest BCUT2D eigenvalue weighted by molar-refractivity contribution is 0.623. The first kappa shape index (κ1) is 10.9. The summed E-state index contributed by atoms with van der Waals surface area (Å²) >= 11 is 0. The summed E-state index contributed by atoms with van der Waals surface area (Å²) < 4.78 is 13.9. The van der Waals surface area contributed by atoms with Gasteiger partial charge in [-0.3, -0.25) is 0 Å². The van der Waals surface area contributed by atoms with Crippen LogP contribution in [0.4, 0.5) is 10.1 Å². The molecule has 0 amide bonds. The minimum Gasteiger partial charge on any atom is -0.369 e. The van der Waals surface area contributed by atoms with Gasteiger partial charge in [0.1, 0.15) is 5.82 Å². The average molecular weight is 221 g/mol. The van der Waals surface area contributed by atoms with Crippen molar-refractivity contribution < 1.29 is 4.39 Å². The molecule has 0 aromatic heterocycles. The average Bonchev–Trinajstić information content (AvgIpc) is 2.81. The lowest BCUT2D eigenvalue weighted by Crippen LogP contribution is -2.19. The van der Waals surface area contributed by atoms with Crippen LogP contribution in [-0.2, 0) is 0 Å². The first-order chi connectivity index (χ1) is 7.72. The van der Waals surface area contributed by atoms with E-state index in [1.807, 2.05) is 12.1 Å². The summed E-state index contributed by atoms with van der Waals surface area (Å²) in [6.45, 7) is 3.66. The number of hydrogen-bond acceptors (Lipinski definition) is 3. The lowest BCUT2D eigenvalue weighted by atomic mass is 10.1. The van der Waals surface area contributed by atoms with Crippen LogP contribution in [0.1, 0.15) is 25.3 Å². The Labute approximate surface area is 94.7 Å². The predicted molar refractivity (Wildman–Crippen MR) is 64.2 cm³/mol. The quantitative estimate of drug-likeness (QED) is 0.472. The number of rotatable bonds is 2. The number of hydrogen-bond donors (Lipinski definition) is 1. The highest BCUT2D eigenvalue weighted by molar-refractivity contribution is 5.98. The molecule has 1 aliphatic rings. The standard InChI is InChI=1S/C12H16FN3/c1-9(15-14)10-4-5-12(11(13)8-10)16-6-2-3-7-16/h4-5,8H,2-3,6-7,14H2,1H3/b15-9-. The van der Waals surface area contributed by atoms with E-state index < -0.39 is 0 Å². The molecular weight excluding hydrogens is 205 g/mol. The van der Waals surface area contributed by atoms with E-state index >= 15 is 0 Å². The maximum atomic E-state index is 13.9. The molecule has 3 nitrogen and oxygen atoms in total. The molecule has 0 unspecified atom stereocenters. The Balaban J connectivity index is 2.29. The van der Waals surface area contributed by atoms with Crippen molar-refractivity contribution >= 4 is 11.4 Å². The van der Waals surface area contributed by atoms with Crippen LogP contribution in [-0.4, -0.2) is 18.8 Å². The van der Waals surface area contributed by atoms with Crippen LogP contribution in [0.5, 0.6) is 0 Å². The summed E-state index contributed by atoms with van der Waals surface area (Å²) in [5, 5.41) is 3.56. The van der Waals surface area contributed by atoms with Gasteiger partial charge in [-0.05, 0) is 31.9 Å². The second kappa shape index (κ2) is 4.51. The van der Waals surface area contributed by atoms with E-state index in [2.05, 4.69) is 10.0 Å². The van der Waals surface area contributed by atoms with Gasteiger partial charge >= 0.3 is 0 Å². The Hall–Kier alpha value is -1.58. The Morgan fingerprint density at radius 3 is 2.62 bits per heavy atom. The van der Waals surface area contributed by atoms with Crippen LogP contribution >= 0.6 is 0 Å². The molecule has 4 heteroatoms. The number of nitrogens with zero attached hydrogens (tertiary/aromatic N) is 2. The topological polar surface area (TPSA) is 41.6 Å². The van der Waals surface area contributed by atoms with Crippen molar-refractivity contribution in [2.75, 3.05) is 18.0 Å². The minimum absolute atomic E-state index is 0.192. The molecular formula is C12H16FN3. The number of hydrazone groups is 1. The van der Waals surface area contributed by atoms with Gasteiger partial charge in [-0.1, -0.05) is 6.07 Å². The molecule has 1 aromatic rings. The van der Waals surface area contributed by atoms with Crippen molar-refractivity contribution in [2.45, 2.75) is 19.8 Å². The molecule has 0 atom stereocenters. The Kier molecular flexibility index (Phi) is 3.08. The van der Waals surface area contributed by atoms with Crippen LogP contribution in [0, 0.1) is 5.82 Å². The summed E-state index contributed by atoms with van der Waals surface area (Å²) in [5.74, 6) is 4.98. The highest BCUT2D eigenvalue weighted by Crippen LogP contribution is 2.24. The highest BCUT2D eigenvalue weighted by atomic mass is 19.1. The SMILES string of the molecule is C/C(=N/N)c1ccc(N2CCCC2)c(F)c1. The molecule has 1 fully saturated rings. The molecule has 0 radical (unpaired) electrons. The Morgan fingerprint density at radius 2 is 2.06 bits per heavy atom. The monoisotopic (exact) mass is 221 g/mol. The normalized spacial score (nSPS) is 16.9. The fourth-order valence-corrected chi connectivity index (χ4v) is 2.02. The largest absolute Gasteiger partial charge is 0.369 e. The van der Waals surface area contributed by atoms with Gasteiger partial charge in [0.2, 0.25) is 0 Å². The maximum absolute atomic E-state index is 13.9. The van der Waals surface area contributed by atoms with Crippen molar-refractivity contribution in [3.05, 3.63) is 29.6 Å². The van der Waals surface area contributed by atoms with Crippen LogP contribution in [0.15, 0.2) is 23.3 Å². The van der Waals surface area contributed by atoms with E-state index in [9.17, 15) is 4.39 Å². The van der Waals surface area contributed by atoms with Crippen LogP contribution in [0.25, 0.3) is 0 Å². The zero-order valence-corrected chi connectivity index (χ0v) is 9.41. The second-order valence-electron chi connectivity index (χ2n) is 4.07. The van der Waals surface area contributed by atoms with Crippen LogP contribution in [0.2, 0.25) is 0 Å². The van der Waals surface area contributed by atoms with E-state index in [1.54, 1.807) is 6.92 Å². The van der Waals surface area contributed by atoms with Crippen molar-refractivity contribution in [2.24, 2.45) is 10.9 Å². The number of benzene rings is 1. The third kappa shape index (κ3) is 2.01. The summed E-state index contributed by atoms with van der Waals surface area (Å²) in [7, 11) is 0. The highest BCUT2D eigenvalue weighted by Gasteiger charge is 2.16. The fourth-order valence-electron chi connectivity index (χ4n) is 2.02. The lowest BCUT2D eigenvalue weighted by Gasteiger charge is -2.18. The van der Waals surface area contributed by atoms with Gasteiger partial charge in [0.25, 0.3) is 0 Å². The Morgan fingerprint density at radius 1 is 1.38 bits per heavy atom. The first-order valence-corrected chi connectivity index (χ1v) is 5.51. The van der Waals surface area contributed by atoms with Gasteiger partial charge in [-0.25, -0.2) is 4.39 Å². The first-order valence-electron chi connectivity index (χ1n) is 5.51. The summed E-state index contributed by atoms with van der Waals surface area (Å²) in [6, 6.07) is 5.17. The smallest absolute Gasteiger partial charge is 0.147 e. The molecule has 0 bridgehead atoms. The van der Waals surface area contributed by atoms with E-state index in [0.717, 1.165) is 31.5 Å². The fraction of sp³-hybridized carbons (Fsp3) is 0.417. The molecule has 86 valence electrons. The molecule has 16 heavy (non-hydrogen) atoms. The minimum atomic E-state index is -0.192. The molecule has 2 N–H and O–H groups in total. The van der Waals surface area contributed by atoms with E-state index in [-0.39, 0.29) is 5.82 Å². The van der Waals surface area contributed by atoms with E-state index in [4.69, 9.17) is 5.84 Å². The molecule has 2 rings (SSSR count). The third-order valence-corrected chi connectivity index (χ3v) is 3.01. The van der Waals surface area contributed by atoms with Gasteiger partial charge < -0.3 is 10.7 Å². The zero-order valence-electron chi connectivity index (χ0n) is 9.41. The second-order valence-corrected chi connectivity index (χ2v) is 4.07. The van der Waals surface area contributed by atoms with Crippen molar-refractivity contribution in [3.63, 3.8) is 0 Å². The van der Waals surface area contributed by atoms with Crippen molar-refractivity contribution in [1.29, 1.82) is 0 Å². The number of anilines is 1. The van der Waals surface area contributed by atoms with Crippen molar-refractivity contribution in [1.82, 2.24) is 0 Å². The molecule has 1 aliphatic heterocycles. The molecule has 1 aromatic carbocycles. The van der Waals surface area contributed by atoms with Crippen LogP contribution in [0.3, 0.4) is 0 Å². The van der Waals surface area contributed by atoms with E-state index in [0.29, 0.717) is 11.4 Å². The van der Waals surface area contributed by atoms with Gasteiger partial charge in [-0.2, -0.15) is 5.10 Å². The molecule has 0 aliphatic carbocycles. The van der Waals surface area contributed by atoms with Gasteiger partial charge in [0, 0.05) is 18.7 Å². The number of halogens is 1. The van der Waals surface area contributed by atoms with Gasteiger partial charge in [0.15, 0.2) is 0 Å². The third-order valence-electron chi connectivity index (χ3n) is 3.01. The van der Waals surface area contributed by atoms with Gasteiger partial charge in [-0.15, -0.1) is 0 Å².